The van der Waals surface area contributed by atoms with Crippen LogP contribution in [0.5, 0.6) is 0 Å². The molecule has 1 aliphatic rings. The van der Waals surface area contributed by atoms with E-state index in [0.29, 0.717) is 12.5 Å². The molecule has 158 valence electrons. The van der Waals surface area contributed by atoms with Crippen molar-refractivity contribution in [3.8, 4) is 0 Å². The lowest BCUT2D eigenvalue weighted by Gasteiger charge is -2.36. The quantitative estimate of drug-likeness (QED) is 0.725. The Morgan fingerprint density at radius 2 is 2.00 bits per heavy atom. The maximum atomic E-state index is 12.7. The van der Waals surface area contributed by atoms with Crippen LogP contribution in [0, 0.1) is 5.92 Å². The molecule has 2 atom stereocenters. The predicted octanol–water partition coefficient (Wildman–Crippen LogP) is 3.53. The van der Waals surface area contributed by atoms with Gasteiger partial charge in [-0.2, -0.15) is 0 Å². The third-order valence-electron chi connectivity index (χ3n) is 5.27. The molecule has 6 heteroatoms. The number of halogens is 1. The van der Waals surface area contributed by atoms with E-state index in [9.17, 15) is 4.79 Å². The zero-order chi connectivity index (χ0) is 19.9. The Labute approximate surface area is 180 Å². The number of hydrogen-bond acceptors (Lipinski definition) is 4. The van der Waals surface area contributed by atoms with Crippen LogP contribution in [0.25, 0.3) is 0 Å². The van der Waals surface area contributed by atoms with Gasteiger partial charge < -0.3 is 10.6 Å². The van der Waals surface area contributed by atoms with Crippen molar-refractivity contribution in [2.45, 2.75) is 39.3 Å². The van der Waals surface area contributed by atoms with Crippen LogP contribution in [0.3, 0.4) is 0 Å². The molecule has 0 radical (unpaired) electrons. The molecule has 0 aliphatic carbocycles. The minimum Gasteiger partial charge on any atom is -0.348 e. The number of nitrogens with zero attached hydrogens (tertiary/aromatic N) is 2. The number of carbonyl (C=O) groups is 1. The zero-order valence-corrected chi connectivity index (χ0v) is 18.4. The summed E-state index contributed by atoms with van der Waals surface area (Å²) in [7, 11) is 0. The van der Waals surface area contributed by atoms with Crippen LogP contribution in [-0.4, -0.2) is 42.0 Å². The topological polar surface area (TPSA) is 57.3 Å². The van der Waals surface area contributed by atoms with Crippen LogP contribution in [-0.2, 0) is 11.2 Å². The van der Waals surface area contributed by atoms with Gasteiger partial charge in [0.25, 0.3) is 0 Å². The summed E-state index contributed by atoms with van der Waals surface area (Å²) in [5, 5.41) is 6.58. The number of piperazine rings is 1. The van der Waals surface area contributed by atoms with Crippen molar-refractivity contribution >= 4 is 18.3 Å². The van der Waals surface area contributed by atoms with Crippen LogP contribution >= 0.6 is 12.4 Å². The summed E-state index contributed by atoms with van der Waals surface area (Å²) in [5.41, 5.74) is 3.64. The molecule has 0 saturated carbocycles. The molecule has 1 amide bonds. The second-order valence-corrected chi connectivity index (χ2v) is 8.11. The van der Waals surface area contributed by atoms with Gasteiger partial charge in [0, 0.05) is 38.1 Å². The van der Waals surface area contributed by atoms with E-state index in [1.165, 1.54) is 5.56 Å². The van der Waals surface area contributed by atoms with Gasteiger partial charge in [-0.05, 0) is 42.0 Å². The lowest BCUT2D eigenvalue weighted by molar-refractivity contribution is -0.123. The van der Waals surface area contributed by atoms with Crippen LogP contribution in [0.1, 0.15) is 49.5 Å². The second-order valence-electron chi connectivity index (χ2n) is 8.11. The Bertz CT molecular complexity index is 751. The predicted molar refractivity (Wildman–Crippen MR) is 120 cm³/mol. The normalized spacial score (nSPS) is 18.1. The van der Waals surface area contributed by atoms with E-state index in [1.807, 2.05) is 19.2 Å². The number of pyridine rings is 1. The first-order valence-electron chi connectivity index (χ1n) is 10.3. The summed E-state index contributed by atoms with van der Waals surface area (Å²) < 4.78 is 0. The Balaban J connectivity index is 0.00000300. The fraction of sp³-hybridized carbons (Fsp3) is 0.478. The Kier molecular flexibility index (Phi) is 9.08. The monoisotopic (exact) mass is 416 g/mol. The van der Waals surface area contributed by atoms with E-state index in [2.05, 4.69) is 64.7 Å². The van der Waals surface area contributed by atoms with Gasteiger partial charge in [0.1, 0.15) is 0 Å². The largest absolute Gasteiger partial charge is 0.348 e. The van der Waals surface area contributed by atoms with Gasteiger partial charge in [-0.15, -0.1) is 12.4 Å². The maximum absolute atomic E-state index is 12.7. The summed E-state index contributed by atoms with van der Waals surface area (Å²) in [4.78, 5) is 19.2. The molecule has 1 aliphatic heterocycles. The first-order valence-corrected chi connectivity index (χ1v) is 10.3. The summed E-state index contributed by atoms with van der Waals surface area (Å²) >= 11 is 0. The van der Waals surface area contributed by atoms with Crippen molar-refractivity contribution in [1.82, 2.24) is 20.5 Å². The lowest BCUT2D eigenvalue weighted by atomic mass is 10.00. The smallest absolute Gasteiger partial charge is 0.234 e. The lowest BCUT2D eigenvalue weighted by Crippen LogP contribution is -2.49. The van der Waals surface area contributed by atoms with Gasteiger partial charge >= 0.3 is 0 Å². The van der Waals surface area contributed by atoms with Crippen LogP contribution in [0.2, 0.25) is 0 Å². The minimum absolute atomic E-state index is 0. The fourth-order valence-corrected chi connectivity index (χ4v) is 3.81. The third-order valence-corrected chi connectivity index (χ3v) is 5.27. The SMILES string of the molecule is CC(C)Cc1ccc(C(C)NC(=O)CN2CCNCC2c2cccnc2)cc1.Cl. The molecule has 0 bridgehead atoms. The van der Waals surface area contributed by atoms with Gasteiger partial charge in [-0.1, -0.05) is 44.2 Å². The van der Waals surface area contributed by atoms with Crippen molar-refractivity contribution in [2.75, 3.05) is 26.2 Å². The van der Waals surface area contributed by atoms with E-state index in [4.69, 9.17) is 0 Å². The minimum atomic E-state index is 0. The van der Waals surface area contributed by atoms with Crippen LogP contribution in [0.4, 0.5) is 0 Å². The molecule has 1 saturated heterocycles. The molecule has 1 aromatic heterocycles. The number of rotatable bonds is 7. The van der Waals surface area contributed by atoms with Gasteiger partial charge in [-0.25, -0.2) is 0 Å². The highest BCUT2D eigenvalue weighted by molar-refractivity contribution is 5.85. The molecule has 0 spiro atoms. The van der Waals surface area contributed by atoms with E-state index in [-0.39, 0.29) is 30.4 Å². The van der Waals surface area contributed by atoms with Crippen LogP contribution < -0.4 is 10.6 Å². The zero-order valence-electron chi connectivity index (χ0n) is 17.6. The summed E-state index contributed by atoms with van der Waals surface area (Å²) in [6.45, 7) is 9.49. The van der Waals surface area contributed by atoms with Crippen molar-refractivity contribution in [3.05, 3.63) is 65.5 Å². The van der Waals surface area contributed by atoms with E-state index in [0.717, 1.165) is 37.2 Å². The van der Waals surface area contributed by atoms with Crippen molar-refractivity contribution < 1.29 is 4.79 Å². The van der Waals surface area contributed by atoms with Gasteiger partial charge in [-0.3, -0.25) is 14.7 Å². The summed E-state index contributed by atoms with van der Waals surface area (Å²) in [6.07, 6.45) is 4.76. The highest BCUT2D eigenvalue weighted by Crippen LogP contribution is 2.21. The molecule has 2 N–H and O–H groups in total. The highest BCUT2D eigenvalue weighted by atomic mass is 35.5. The van der Waals surface area contributed by atoms with Gasteiger partial charge in [0.05, 0.1) is 12.6 Å². The fourth-order valence-electron chi connectivity index (χ4n) is 3.81. The molecule has 5 nitrogen and oxygen atoms in total. The van der Waals surface area contributed by atoms with Crippen molar-refractivity contribution in [3.63, 3.8) is 0 Å². The average Bonchev–Trinajstić information content (AvgIpc) is 2.69. The molecule has 1 aromatic carbocycles. The molecule has 2 aromatic rings. The molecule has 29 heavy (non-hydrogen) atoms. The maximum Gasteiger partial charge on any atom is 0.234 e. The molecule has 1 fully saturated rings. The standard InChI is InChI=1S/C23H32N4O.ClH/c1-17(2)13-19-6-8-20(9-7-19)18(3)26-23(28)16-27-12-11-25-15-22(27)21-5-4-10-24-14-21;/h4-10,14,17-18,22,25H,11-13,15-16H2,1-3H3,(H,26,28);1H. The van der Waals surface area contributed by atoms with Crippen molar-refractivity contribution in [1.29, 1.82) is 0 Å². The number of aromatic nitrogens is 1. The first kappa shape index (κ1) is 23.3. The Morgan fingerprint density at radius 1 is 1.24 bits per heavy atom. The van der Waals surface area contributed by atoms with E-state index >= 15 is 0 Å². The molecular weight excluding hydrogens is 384 g/mol. The first-order chi connectivity index (χ1) is 13.5. The molecule has 2 heterocycles. The molecule has 3 rings (SSSR count). The van der Waals surface area contributed by atoms with Crippen LogP contribution in [0.15, 0.2) is 48.8 Å². The second kappa shape index (κ2) is 11.3. The molecular formula is C23H33ClN4O. The number of carbonyl (C=O) groups excluding carboxylic acids is 1. The Morgan fingerprint density at radius 3 is 2.66 bits per heavy atom. The van der Waals surface area contributed by atoms with E-state index < -0.39 is 0 Å². The number of amides is 1. The van der Waals surface area contributed by atoms with Crippen molar-refractivity contribution in [2.24, 2.45) is 5.92 Å². The number of benzene rings is 1. The average molecular weight is 417 g/mol. The number of nitrogens with one attached hydrogen (secondary N) is 2. The van der Waals surface area contributed by atoms with E-state index in [1.54, 1.807) is 6.20 Å². The molecule has 2 unspecified atom stereocenters. The van der Waals surface area contributed by atoms with Gasteiger partial charge in [0.15, 0.2) is 0 Å². The Hall–Kier alpha value is -1.95. The summed E-state index contributed by atoms with van der Waals surface area (Å²) in [5.74, 6) is 0.712. The number of hydrogen-bond donors (Lipinski definition) is 2. The highest BCUT2D eigenvalue weighted by Gasteiger charge is 2.26. The summed E-state index contributed by atoms with van der Waals surface area (Å²) in [6, 6.07) is 12.8. The third kappa shape index (κ3) is 6.81. The van der Waals surface area contributed by atoms with Gasteiger partial charge in [0.2, 0.25) is 5.91 Å².